The minimum Gasteiger partial charge on any atom is -0.300 e. The Balaban J connectivity index is 2.03. The Kier molecular flexibility index (Phi) is 5.54. The number of halogens is 3. The molecule has 9 heteroatoms. The van der Waals surface area contributed by atoms with E-state index in [0.29, 0.717) is 9.47 Å². The van der Waals surface area contributed by atoms with Crippen molar-refractivity contribution in [2.45, 2.75) is 37.0 Å². The number of carbonyl (C=O) groups is 1. The summed E-state index contributed by atoms with van der Waals surface area (Å²) in [5.41, 5.74) is -1.03. The van der Waals surface area contributed by atoms with E-state index in [1.54, 1.807) is 26.8 Å². The molecule has 0 atom stereocenters. The third-order valence-electron chi connectivity index (χ3n) is 2.98. The van der Waals surface area contributed by atoms with E-state index in [1.807, 2.05) is 0 Å². The minimum atomic E-state index is -4.38. The van der Waals surface area contributed by atoms with Crippen LogP contribution in [0, 0.1) is 5.41 Å². The summed E-state index contributed by atoms with van der Waals surface area (Å²) in [5, 5.41) is 10.7. The van der Waals surface area contributed by atoms with Gasteiger partial charge in [0.05, 0.1) is 5.56 Å². The van der Waals surface area contributed by atoms with Crippen molar-refractivity contribution < 1.29 is 18.0 Å². The molecule has 0 aliphatic rings. The number of benzene rings is 1. The summed E-state index contributed by atoms with van der Waals surface area (Å²) in [4.78, 5) is 11.9. The van der Waals surface area contributed by atoms with Crippen molar-refractivity contribution in [3.8, 4) is 0 Å². The van der Waals surface area contributed by atoms with Gasteiger partial charge in [0.2, 0.25) is 11.0 Å². The van der Waals surface area contributed by atoms with Gasteiger partial charge >= 0.3 is 6.18 Å². The summed E-state index contributed by atoms with van der Waals surface area (Å²) in [6, 6.07) is 5.44. The molecule has 1 aromatic carbocycles. The summed E-state index contributed by atoms with van der Waals surface area (Å²) in [7, 11) is 0. The number of hydrogen-bond acceptors (Lipinski definition) is 5. The van der Waals surface area contributed by atoms with Gasteiger partial charge in [0, 0.05) is 11.2 Å². The Bertz CT molecular complexity index is 723. The van der Waals surface area contributed by atoms with Crippen molar-refractivity contribution in [2.24, 2.45) is 5.41 Å². The average molecular weight is 375 g/mol. The summed E-state index contributed by atoms with van der Waals surface area (Å²) >= 11 is 2.29. The lowest BCUT2D eigenvalue weighted by Gasteiger charge is -2.15. The first-order valence-corrected chi connectivity index (χ1v) is 8.80. The summed E-state index contributed by atoms with van der Waals surface area (Å²) in [6.07, 6.45) is -4.38. The van der Waals surface area contributed by atoms with Crippen LogP contribution in [0.3, 0.4) is 0 Å². The smallest absolute Gasteiger partial charge is 0.300 e. The zero-order valence-corrected chi connectivity index (χ0v) is 14.9. The van der Waals surface area contributed by atoms with Gasteiger partial charge in [0.1, 0.15) is 0 Å². The molecule has 0 aliphatic carbocycles. The van der Waals surface area contributed by atoms with E-state index in [9.17, 15) is 18.0 Å². The summed E-state index contributed by atoms with van der Waals surface area (Å²) < 4.78 is 39.4. The molecule has 0 fully saturated rings. The average Bonchev–Trinajstić information content (AvgIpc) is 2.91. The Morgan fingerprint density at radius 3 is 2.50 bits per heavy atom. The Morgan fingerprint density at radius 2 is 1.88 bits per heavy atom. The van der Waals surface area contributed by atoms with Crippen LogP contribution in [-0.2, 0) is 16.7 Å². The largest absolute Gasteiger partial charge is 0.416 e. The predicted octanol–water partition coefficient (Wildman–Crippen LogP) is 4.83. The highest BCUT2D eigenvalue weighted by Crippen LogP contribution is 2.35. The maximum atomic E-state index is 13.0. The van der Waals surface area contributed by atoms with Crippen LogP contribution < -0.4 is 5.32 Å². The number of thioether (sulfide) groups is 1. The zero-order valence-electron chi connectivity index (χ0n) is 13.3. The molecule has 4 nitrogen and oxygen atoms in total. The number of rotatable bonds is 4. The van der Waals surface area contributed by atoms with Crippen LogP contribution in [0.15, 0.2) is 28.6 Å². The van der Waals surface area contributed by atoms with Gasteiger partial charge < -0.3 is 5.32 Å². The molecule has 0 aliphatic heterocycles. The molecule has 2 aromatic rings. The molecule has 0 unspecified atom stereocenters. The first-order chi connectivity index (χ1) is 11.1. The summed E-state index contributed by atoms with van der Waals surface area (Å²) in [5.74, 6) is -0.0741. The standard InChI is InChI=1S/C15H16F3N3OS2/c1-14(2,3)11(22)19-12-20-21-13(24-12)23-8-9-6-4-5-7-10(9)15(16,17)18/h4-7H,8H2,1-3H3,(H,19,20,22). The van der Waals surface area contributed by atoms with E-state index < -0.39 is 17.2 Å². The number of nitrogens with zero attached hydrogens (tertiary/aromatic N) is 2. The molecule has 130 valence electrons. The second-order valence-electron chi connectivity index (χ2n) is 6.02. The van der Waals surface area contributed by atoms with E-state index in [1.165, 1.54) is 12.1 Å². The molecule has 0 saturated heterocycles. The fourth-order valence-corrected chi connectivity index (χ4v) is 3.42. The van der Waals surface area contributed by atoms with Gasteiger partial charge in [-0.15, -0.1) is 10.2 Å². The van der Waals surface area contributed by atoms with Gasteiger partial charge in [-0.2, -0.15) is 13.2 Å². The molecule has 1 amide bonds. The van der Waals surface area contributed by atoms with E-state index >= 15 is 0 Å². The lowest BCUT2D eigenvalue weighted by molar-refractivity contribution is -0.138. The molecule has 24 heavy (non-hydrogen) atoms. The van der Waals surface area contributed by atoms with Crippen LogP contribution in [0.25, 0.3) is 0 Å². The van der Waals surface area contributed by atoms with Crippen LogP contribution in [0.2, 0.25) is 0 Å². The number of carbonyl (C=O) groups excluding carboxylic acids is 1. The van der Waals surface area contributed by atoms with Crippen LogP contribution >= 0.6 is 23.1 Å². The molecule has 0 radical (unpaired) electrons. The summed E-state index contributed by atoms with van der Waals surface area (Å²) in [6.45, 7) is 5.31. The molecule has 0 saturated carbocycles. The molecule has 1 aromatic heterocycles. The lowest BCUT2D eigenvalue weighted by Crippen LogP contribution is -2.27. The van der Waals surface area contributed by atoms with Crippen molar-refractivity contribution in [1.29, 1.82) is 0 Å². The highest BCUT2D eigenvalue weighted by molar-refractivity contribution is 8.00. The van der Waals surface area contributed by atoms with Crippen molar-refractivity contribution in [1.82, 2.24) is 10.2 Å². The molecule has 1 heterocycles. The van der Waals surface area contributed by atoms with E-state index in [0.717, 1.165) is 29.2 Å². The topological polar surface area (TPSA) is 54.9 Å². The molecule has 2 rings (SSSR count). The SMILES string of the molecule is CC(C)(C)C(=O)Nc1nnc(SCc2ccccc2C(F)(F)F)s1. The highest BCUT2D eigenvalue weighted by atomic mass is 32.2. The maximum absolute atomic E-state index is 13.0. The van der Waals surface area contributed by atoms with Gasteiger partial charge in [-0.1, -0.05) is 62.1 Å². The second-order valence-corrected chi connectivity index (χ2v) is 8.22. The van der Waals surface area contributed by atoms with Crippen LogP contribution in [0.1, 0.15) is 31.9 Å². The number of alkyl halides is 3. The first kappa shape index (κ1) is 18.7. The van der Waals surface area contributed by atoms with Gasteiger partial charge in [-0.05, 0) is 11.6 Å². The lowest BCUT2D eigenvalue weighted by atomic mass is 9.96. The van der Waals surface area contributed by atoms with Gasteiger partial charge in [-0.3, -0.25) is 4.79 Å². The second kappa shape index (κ2) is 7.10. The predicted molar refractivity (Wildman–Crippen MR) is 89.0 cm³/mol. The Labute approximate surface area is 145 Å². The van der Waals surface area contributed by atoms with Gasteiger partial charge in [-0.25, -0.2) is 0 Å². The van der Waals surface area contributed by atoms with Crippen molar-refractivity contribution >= 4 is 34.1 Å². The minimum absolute atomic E-state index is 0.123. The number of nitrogens with one attached hydrogen (secondary N) is 1. The quantitative estimate of drug-likeness (QED) is 0.614. The van der Waals surface area contributed by atoms with Crippen LogP contribution in [-0.4, -0.2) is 16.1 Å². The highest BCUT2D eigenvalue weighted by Gasteiger charge is 2.32. The fourth-order valence-electron chi connectivity index (χ4n) is 1.67. The molecule has 0 bridgehead atoms. The van der Waals surface area contributed by atoms with Crippen molar-refractivity contribution in [3.05, 3.63) is 35.4 Å². The Hall–Kier alpha value is -1.61. The number of hydrogen-bond donors (Lipinski definition) is 1. The number of amides is 1. The number of anilines is 1. The van der Waals surface area contributed by atoms with Crippen molar-refractivity contribution in [2.75, 3.05) is 5.32 Å². The third kappa shape index (κ3) is 4.94. The van der Waals surface area contributed by atoms with Gasteiger partial charge in [0.25, 0.3) is 0 Å². The van der Waals surface area contributed by atoms with E-state index in [4.69, 9.17) is 0 Å². The first-order valence-electron chi connectivity index (χ1n) is 7.00. The maximum Gasteiger partial charge on any atom is 0.416 e. The molecule has 0 spiro atoms. The third-order valence-corrected chi connectivity index (χ3v) is 5.00. The normalized spacial score (nSPS) is 12.2. The molecular weight excluding hydrogens is 359 g/mol. The van der Waals surface area contributed by atoms with Crippen molar-refractivity contribution in [3.63, 3.8) is 0 Å². The Morgan fingerprint density at radius 1 is 1.21 bits per heavy atom. The van der Waals surface area contributed by atoms with Gasteiger partial charge in [0.15, 0.2) is 4.34 Å². The number of aromatic nitrogens is 2. The van der Waals surface area contributed by atoms with E-state index in [-0.39, 0.29) is 17.2 Å². The van der Waals surface area contributed by atoms with Crippen LogP contribution in [0.4, 0.5) is 18.3 Å². The zero-order chi connectivity index (χ0) is 18.0. The fraction of sp³-hybridized carbons (Fsp3) is 0.400. The van der Waals surface area contributed by atoms with E-state index in [2.05, 4.69) is 15.5 Å². The molecular formula is C15H16F3N3OS2. The monoisotopic (exact) mass is 375 g/mol. The van der Waals surface area contributed by atoms with Crippen LogP contribution in [0.5, 0.6) is 0 Å². The molecule has 1 N–H and O–H groups in total.